The Labute approximate surface area is 151 Å². The van der Waals surface area contributed by atoms with Gasteiger partial charge in [0.25, 0.3) is 11.4 Å². The third kappa shape index (κ3) is 3.19. The summed E-state index contributed by atoms with van der Waals surface area (Å²) in [5, 5.41) is 65.3. The van der Waals surface area contributed by atoms with Gasteiger partial charge in [-0.15, -0.1) is 0 Å². The minimum atomic E-state index is -1.52. The van der Waals surface area contributed by atoms with Gasteiger partial charge in [-0.05, 0) is 6.07 Å². The molecule has 0 aromatic heterocycles. The number of nitrogens with zero attached hydrogens (tertiary/aromatic N) is 5. The first-order valence-corrected chi connectivity index (χ1v) is 6.73. The maximum absolute atomic E-state index is 11.3. The largest absolute Gasteiger partial charge is 0.497 e. The molecule has 0 bridgehead atoms. The van der Waals surface area contributed by atoms with Crippen LogP contribution in [0.2, 0.25) is 0 Å². The van der Waals surface area contributed by atoms with Crippen LogP contribution in [0.25, 0.3) is 11.1 Å². The van der Waals surface area contributed by atoms with E-state index in [0.29, 0.717) is 12.1 Å². The zero-order valence-electron chi connectivity index (χ0n) is 13.1. The Hall–Kier alpha value is -4.76. The fourth-order valence-electron chi connectivity index (χ4n) is 2.36. The van der Waals surface area contributed by atoms with Gasteiger partial charge in [0.1, 0.15) is 5.56 Å². The Kier molecular flexibility index (Phi) is 4.79. The van der Waals surface area contributed by atoms with Crippen LogP contribution in [0.15, 0.2) is 24.3 Å². The van der Waals surface area contributed by atoms with E-state index in [2.05, 4.69) is 0 Å². The lowest BCUT2D eigenvalue weighted by Crippen LogP contribution is -2.02. The van der Waals surface area contributed by atoms with Gasteiger partial charge in [-0.1, -0.05) is 0 Å². The van der Waals surface area contributed by atoms with Crippen LogP contribution in [0, 0.1) is 50.6 Å². The summed E-state index contributed by atoms with van der Waals surface area (Å²) in [5.41, 5.74) is -7.73. The number of phenolic OH excluding ortho intramolecular Hbond substituents is 1. The standard InChI is InChI=1S/C12H5N5O11/c18-12-9(16(25)26)4-8(15(23)24)10(11(12)17(27)28)5-1-2-6(13(19)20)7(3-5)14(21)22/h1-4,18H. The number of benzene rings is 2. The molecule has 28 heavy (non-hydrogen) atoms. The summed E-state index contributed by atoms with van der Waals surface area (Å²) in [5.74, 6) is -1.52. The Morgan fingerprint density at radius 1 is 0.607 bits per heavy atom. The third-order valence-corrected chi connectivity index (χ3v) is 3.47. The van der Waals surface area contributed by atoms with Gasteiger partial charge in [-0.3, -0.25) is 50.6 Å². The van der Waals surface area contributed by atoms with Gasteiger partial charge < -0.3 is 5.11 Å². The number of hydrogen-bond acceptors (Lipinski definition) is 11. The molecule has 0 fully saturated rings. The Morgan fingerprint density at radius 2 is 1.11 bits per heavy atom. The molecule has 16 heteroatoms. The molecule has 0 atom stereocenters. The SMILES string of the molecule is O=[N+]([O-])c1ccc(-c2c([N+](=O)[O-])cc([N+](=O)[O-])c(O)c2[N+](=O)[O-])cc1[N+](=O)[O-]. The topological polar surface area (TPSA) is 236 Å². The summed E-state index contributed by atoms with van der Waals surface area (Å²) in [4.78, 5) is 49.3. The molecule has 0 spiro atoms. The molecule has 0 aliphatic carbocycles. The molecule has 2 aromatic rings. The van der Waals surface area contributed by atoms with E-state index in [1.807, 2.05) is 0 Å². The fraction of sp³-hybridized carbons (Fsp3) is 0. The van der Waals surface area contributed by atoms with Gasteiger partial charge in [-0.25, -0.2) is 0 Å². The first kappa shape index (κ1) is 19.6. The van der Waals surface area contributed by atoms with Crippen LogP contribution >= 0.6 is 0 Å². The molecule has 0 saturated carbocycles. The lowest BCUT2D eigenvalue weighted by atomic mass is 9.99. The van der Waals surface area contributed by atoms with E-state index >= 15 is 0 Å². The zero-order chi connectivity index (χ0) is 21.3. The van der Waals surface area contributed by atoms with Crippen molar-refractivity contribution in [2.75, 3.05) is 0 Å². The average molecular weight is 395 g/mol. The Balaban J connectivity index is 3.01. The van der Waals surface area contributed by atoms with Crippen LogP contribution in [0.5, 0.6) is 5.75 Å². The molecular weight excluding hydrogens is 390 g/mol. The Morgan fingerprint density at radius 3 is 1.54 bits per heavy atom. The van der Waals surface area contributed by atoms with E-state index in [4.69, 9.17) is 0 Å². The van der Waals surface area contributed by atoms with Crippen molar-refractivity contribution in [2.45, 2.75) is 0 Å². The molecule has 0 aliphatic heterocycles. The highest BCUT2D eigenvalue weighted by Crippen LogP contribution is 2.49. The lowest BCUT2D eigenvalue weighted by Gasteiger charge is -2.07. The van der Waals surface area contributed by atoms with Crippen molar-refractivity contribution in [2.24, 2.45) is 0 Å². The summed E-state index contributed by atoms with van der Waals surface area (Å²) < 4.78 is 0. The predicted octanol–water partition coefficient (Wildman–Crippen LogP) is 2.60. The van der Waals surface area contributed by atoms with E-state index in [1.165, 1.54) is 0 Å². The third-order valence-electron chi connectivity index (χ3n) is 3.47. The highest BCUT2D eigenvalue weighted by Gasteiger charge is 2.39. The summed E-state index contributed by atoms with van der Waals surface area (Å²) in [7, 11) is 0. The molecule has 0 saturated heterocycles. The summed E-state index contributed by atoms with van der Waals surface area (Å²) in [6.45, 7) is 0. The average Bonchev–Trinajstić information content (AvgIpc) is 2.59. The molecule has 0 radical (unpaired) electrons. The van der Waals surface area contributed by atoms with Crippen LogP contribution in [-0.2, 0) is 0 Å². The first-order chi connectivity index (χ1) is 13.0. The molecule has 1 N–H and O–H groups in total. The normalized spacial score (nSPS) is 10.3. The van der Waals surface area contributed by atoms with Crippen LogP contribution in [0.3, 0.4) is 0 Å². The van der Waals surface area contributed by atoms with E-state index in [9.17, 15) is 55.7 Å². The van der Waals surface area contributed by atoms with Gasteiger partial charge >= 0.3 is 22.7 Å². The first-order valence-electron chi connectivity index (χ1n) is 6.73. The molecule has 0 unspecified atom stereocenters. The van der Waals surface area contributed by atoms with Crippen molar-refractivity contribution in [3.05, 3.63) is 74.8 Å². The van der Waals surface area contributed by atoms with E-state index in [0.717, 1.165) is 6.07 Å². The highest BCUT2D eigenvalue weighted by atomic mass is 16.6. The number of rotatable bonds is 6. The van der Waals surface area contributed by atoms with Gasteiger partial charge in [0.2, 0.25) is 0 Å². The van der Waals surface area contributed by atoms with Crippen LogP contribution in [0.4, 0.5) is 28.4 Å². The Bertz CT molecular complexity index is 1080. The second-order valence-electron chi connectivity index (χ2n) is 4.98. The van der Waals surface area contributed by atoms with Crippen molar-refractivity contribution >= 4 is 28.4 Å². The predicted molar refractivity (Wildman–Crippen MR) is 86.8 cm³/mol. The zero-order valence-corrected chi connectivity index (χ0v) is 13.1. The molecule has 16 nitrogen and oxygen atoms in total. The summed E-state index contributed by atoms with van der Waals surface area (Å²) in [6.07, 6.45) is 0. The van der Waals surface area contributed by atoms with Crippen molar-refractivity contribution in [3.63, 3.8) is 0 Å². The maximum Gasteiger partial charge on any atom is 0.346 e. The number of aromatic hydroxyl groups is 1. The minimum Gasteiger partial charge on any atom is -0.497 e. The van der Waals surface area contributed by atoms with E-state index in [1.54, 1.807) is 0 Å². The van der Waals surface area contributed by atoms with Gasteiger partial charge in [0.05, 0.1) is 30.7 Å². The van der Waals surface area contributed by atoms with Crippen LogP contribution in [0.1, 0.15) is 0 Å². The van der Waals surface area contributed by atoms with Gasteiger partial charge in [-0.2, -0.15) is 0 Å². The number of nitro groups is 5. The second kappa shape index (κ2) is 6.86. The van der Waals surface area contributed by atoms with Crippen molar-refractivity contribution in [1.29, 1.82) is 0 Å². The fourth-order valence-corrected chi connectivity index (χ4v) is 2.36. The second-order valence-corrected chi connectivity index (χ2v) is 4.98. The van der Waals surface area contributed by atoms with Crippen molar-refractivity contribution in [1.82, 2.24) is 0 Å². The van der Waals surface area contributed by atoms with E-state index < -0.39 is 69.9 Å². The van der Waals surface area contributed by atoms with Crippen LogP contribution in [-0.4, -0.2) is 29.7 Å². The molecule has 144 valence electrons. The quantitative estimate of drug-likeness (QED) is 0.550. The van der Waals surface area contributed by atoms with Crippen molar-refractivity contribution < 1.29 is 29.7 Å². The van der Waals surface area contributed by atoms with E-state index in [-0.39, 0.29) is 6.07 Å². The molecule has 0 heterocycles. The lowest BCUT2D eigenvalue weighted by molar-refractivity contribution is -0.422. The van der Waals surface area contributed by atoms with Crippen LogP contribution < -0.4 is 0 Å². The number of nitro benzene ring substituents is 5. The summed E-state index contributed by atoms with van der Waals surface area (Å²) >= 11 is 0. The highest BCUT2D eigenvalue weighted by molar-refractivity contribution is 5.89. The summed E-state index contributed by atoms with van der Waals surface area (Å²) in [6, 6.07) is 2.02. The molecule has 0 aliphatic rings. The molecule has 0 amide bonds. The van der Waals surface area contributed by atoms with Gasteiger partial charge in [0, 0.05) is 17.7 Å². The van der Waals surface area contributed by atoms with Gasteiger partial charge in [0.15, 0.2) is 0 Å². The molecule has 2 rings (SSSR count). The minimum absolute atomic E-state index is 0.241. The number of hydrogen-bond donors (Lipinski definition) is 1. The smallest absolute Gasteiger partial charge is 0.346 e. The van der Waals surface area contributed by atoms with Crippen molar-refractivity contribution in [3.8, 4) is 16.9 Å². The maximum atomic E-state index is 11.3. The molecular formula is C12H5N5O11. The monoisotopic (exact) mass is 395 g/mol. The number of phenols is 1. The molecule has 2 aromatic carbocycles.